The highest BCUT2D eigenvalue weighted by Crippen LogP contribution is 2.09. The van der Waals surface area contributed by atoms with Gasteiger partial charge in [0.25, 0.3) is 5.91 Å². The van der Waals surface area contributed by atoms with Crippen LogP contribution in [-0.2, 0) is 13.0 Å². The molecule has 0 radical (unpaired) electrons. The zero-order valence-corrected chi connectivity index (χ0v) is 12.5. The van der Waals surface area contributed by atoms with Gasteiger partial charge in [0.15, 0.2) is 0 Å². The Balaban J connectivity index is 1.52. The summed E-state index contributed by atoms with van der Waals surface area (Å²) in [6, 6.07) is 7.14. The van der Waals surface area contributed by atoms with Crippen LogP contribution in [0, 0.1) is 0 Å². The lowest BCUT2D eigenvalue weighted by atomic mass is 10.2. The molecule has 0 bridgehead atoms. The first kappa shape index (κ1) is 14.8. The van der Waals surface area contributed by atoms with Gasteiger partial charge in [0.05, 0.1) is 19.1 Å². The predicted octanol–water partition coefficient (Wildman–Crippen LogP) is 1.98. The van der Waals surface area contributed by atoms with Crippen molar-refractivity contribution in [3.8, 4) is 0 Å². The molecule has 0 aliphatic carbocycles. The summed E-state index contributed by atoms with van der Waals surface area (Å²) in [5, 5.41) is 6.03. The molecular weight excluding hydrogens is 294 g/mol. The number of imidazole rings is 1. The molecule has 118 valence electrons. The van der Waals surface area contributed by atoms with Crippen LogP contribution in [0.5, 0.6) is 0 Å². The molecule has 3 rings (SSSR count). The number of nitrogens with one attached hydrogen (secondary N) is 3. The number of hydrogen-bond acceptors (Lipinski definition) is 5. The van der Waals surface area contributed by atoms with Crippen molar-refractivity contribution in [1.82, 2.24) is 20.3 Å². The van der Waals surface area contributed by atoms with Crippen molar-refractivity contribution in [2.75, 3.05) is 11.9 Å². The number of rotatable bonds is 7. The Kier molecular flexibility index (Phi) is 4.68. The molecule has 0 saturated heterocycles. The maximum Gasteiger partial charge on any atom is 0.270 e. The summed E-state index contributed by atoms with van der Waals surface area (Å²) in [7, 11) is 0. The molecule has 3 aromatic heterocycles. The highest BCUT2D eigenvalue weighted by molar-refractivity contribution is 5.93. The molecule has 0 unspecified atom stereocenters. The van der Waals surface area contributed by atoms with Gasteiger partial charge in [-0.1, -0.05) is 0 Å². The first-order valence-electron chi connectivity index (χ1n) is 7.29. The van der Waals surface area contributed by atoms with Gasteiger partial charge in [-0.25, -0.2) is 4.98 Å². The molecule has 0 fully saturated rings. The number of carbonyl (C=O) groups is 1. The van der Waals surface area contributed by atoms with Crippen LogP contribution >= 0.6 is 0 Å². The van der Waals surface area contributed by atoms with Crippen LogP contribution in [0.4, 0.5) is 5.69 Å². The first-order chi connectivity index (χ1) is 11.3. The number of H-pyrrole nitrogens is 1. The van der Waals surface area contributed by atoms with Crippen molar-refractivity contribution in [3.05, 3.63) is 66.4 Å². The largest absolute Gasteiger partial charge is 0.467 e. The molecule has 0 spiro atoms. The quantitative estimate of drug-likeness (QED) is 0.620. The number of amides is 1. The Morgan fingerprint density at radius 3 is 3.09 bits per heavy atom. The highest BCUT2D eigenvalue weighted by Gasteiger charge is 2.08. The third-order valence-electron chi connectivity index (χ3n) is 3.27. The number of pyridine rings is 1. The lowest BCUT2D eigenvalue weighted by Gasteiger charge is -2.07. The van der Waals surface area contributed by atoms with Crippen LogP contribution in [0.15, 0.2) is 53.7 Å². The lowest BCUT2D eigenvalue weighted by Crippen LogP contribution is -2.23. The molecule has 3 N–H and O–H groups in total. The summed E-state index contributed by atoms with van der Waals surface area (Å²) in [5.74, 6) is 0.464. The summed E-state index contributed by atoms with van der Waals surface area (Å²) in [6.45, 7) is 1.07. The van der Waals surface area contributed by atoms with Crippen molar-refractivity contribution < 1.29 is 9.21 Å². The fraction of sp³-hybridized carbons (Fsp3) is 0.188. The summed E-state index contributed by atoms with van der Waals surface area (Å²) in [4.78, 5) is 23.2. The van der Waals surface area contributed by atoms with E-state index in [-0.39, 0.29) is 5.91 Å². The van der Waals surface area contributed by atoms with E-state index in [4.69, 9.17) is 4.42 Å². The summed E-state index contributed by atoms with van der Waals surface area (Å²) in [6.07, 6.45) is 7.46. The fourth-order valence-corrected chi connectivity index (χ4v) is 2.10. The Morgan fingerprint density at radius 2 is 2.30 bits per heavy atom. The van der Waals surface area contributed by atoms with E-state index in [1.54, 1.807) is 43.2 Å². The minimum absolute atomic E-state index is 0.237. The zero-order valence-electron chi connectivity index (χ0n) is 12.5. The second-order valence-corrected chi connectivity index (χ2v) is 4.95. The molecular formula is C16H17N5O2. The molecule has 7 nitrogen and oxygen atoms in total. The van der Waals surface area contributed by atoms with Gasteiger partial charge in [-0.3, -0.25) is 9.78 Å². The van der Waals surface area contributed by atoms with Crippen LogP contribution < -0.4 is 10.6 Å². The number of nitrogens with zero attached hydrogens (tertiary/aromatic N) is 2. The smallest absolute Gasteiger partial charge is 0.270 e. The third-order valence-corrected chi connectivity index (χ3v) is 3.27. The maximum atomic E-state index is 12.1. The van der Waals surface area contributed by atoms with Gasteiger partial charge in [-0.2, -0.15) is 0 Å². The molecule has 0 saturated carbocycles. The van der Waals surface area contributed by atoms with E-state index in [1.807, 2.05) is 6.07 Å². The predicted molar refractivity (Wildman–Crippen MR) is 84.9 cm³/mol. The zero-order chi connectivity index (χ0) is 15.9. The number of aromatic amines is 1. The number of furan rings is 1. The lowest BCUT2D eigenvalue weighted by molar-refractivity contribution is 0.0943. The number of aromatic nitrogens is 3. The van der Waals surface area contributed by atoms with E-state index in [1.165, 1.54) is 0 Å². The van der Waals surface area contributed by atoms with Crippen molar-refractivity contribution in [2.24, 2.45) is 0 Å². The van der Waals surface area contributed by atoms with Crippen LogP contribution in [0.25, 0.3) is 0 Å². The van der Waals surface area contributed by atoms with E-state index in [0.29, 0.717) is 18.0 Å². The minimum atomic E-state index is -0.237. The van der Waals surface area contributed by atoms with Gasteiger partial charge < -0.3 is 20.0 Å². The minimum Gasteiger partial charge on any atom is -0.467 e. The van der Waals surface area contributed by atoms with E-state index < -0.39 is 0 Å². The average molecular weight is 311 g/mol. The van der Waals surface area contributed by atoms with Gasteiger partial charge in [0.2, 0.25) is 0 Å². The van der Waals surface area contributed by atoms with Gasteiger partial charge >= 0.3 is 0 Å². The second-order valence-electron chi connectivity index (χ2n) is 4.95. The van der Waals surface area contributed by atoms with Crippen LogP contribution in [0.3, 0.4) is 0 Å². The van der Waals surface area contributed by atoms with Crippen molar-refractivity contribution >= 4 is 11.6 Å². The number of hydrogen-bond donors (Lipinski definition) is 3. The molecule has 3 aromatic rings. The molecule has 0 atom stereocenters. The molecule has 3 heterocycles. The SMILES string of the molecule is O=C(NCc1ccco1)c1cc(NCCc2cnc[nH]2)ccn1. The van der Waals surface area contributed by atoms with Gasteiger partial charge in [-0.15, -0.1) is 0 Å². The monoisotopic (exact) mass is 311 g/mol. The van der Waals surface area contributed by atoms with Crippen LogP contribution in [-0.4, -0.2) is 27.4 Å². The van der Waals surface area contributed by atoms with E-state index in [0.717, 1.165) is 24.3 Å². The second kappa shape index (κ2) is 7.26. The van der Waals surface area contributed by atoms with Gasteiger partial charge in [-0.05, 0) is 24.3 Å². The van der Waals surface area contributed by atoms with E-state index in [2.05, 4.69) is 25.6 Å². The Morgan fingerprint density at radius 1 is 1.35 bits per heavy atom. The summed E-state index contributed by atoms with van der Waals surface area (Å²) >= 11 is 0. The molecule has 23 heavy (non-hydrogen) atoms. The number of anilines is 1. The van der Waals surface area contributed by atoms with E-state index >= 15 is 0 Å². The fourth-order valence-electron chi connectivity index (χ4n) is 2.10. The van der Waals surface area contributed by atoms with Crippen LogP contribution in [0.1, 0.15) is 21.9 Å². The topological polar surface area (TPSA) is 95.8 Å². The Bertz CT molecular complexity index is 738. The average Bonchev–Trinajstić information content (AvgIpc) is 3.26. The molecule has 0 aliphatic heterocycles. The standard InChI is InChI=1S/C16H17N5O2/c22-16(20-10-14-2-1-7-23-14)15-8-12(3-6-19-15)18-5-4-13-9-17-11-21-13/h1-3,6-9,11H,4-5,10H2,(H,17,21)(H,18,19)(H,20,22). The van der Waals surface area contributed by atoms with Gasteiger partial charge in [0.1, 0.15) is 11.5 Å². The molecule has 1 amide bonds. The van der Waals surface area contributed by atoms with Crippen molar-refractivity contribution in [3.63, 3.8) is 0 Å². The Hall–Kier alpha value is -3.09. The maximum absolute atomic E-state index is 12.1. The van der Waals surface area contributed by atoms with Crippen LogP contribution in [0.2, 0.25) is 0 Å². The molecule has 0 aromatic carbocycles. The normalized spacial score (nSPS) is 10.4. The molecule has 0 aliphatic rings. The summed E-state index contributed by atoms with van der Waals surface area (Å²) in [5.41, 5.74) is 2.27. The summed E-state index contributed by atoms with van der Waals surface area (Å²) < 4.78 is 5.18. The number of carbonyl (C=O) groups excluding carboxylic acids is 1. The highest BCUT2D eigenvalue weighted by atomic mass is 16.3. The van der Waals surface area contributed by atoms with E-state index in [9.17, 15) is 4.79 Å². The molecule has 7 heteroatoms. The van der Waals surface area contributed by atoms with Crippen molar-refractivity contribution in [1.29, 1.82) is 0 Å². The Labute approximate surface area is 133 Å². The third kappa shape index (κ3) is 4.19. The van der Waals surface area contributed by atoms with Crippen molar-refractivity contribution in [2.45, 2.75) is 13.0 Å². The first-order valence-corrected chi connectivity index (χ1v) is 7.29. The van der Waals surface area contributed by atoms with Gasteiger partial charge in [0, 0.05) is 36.7 Å².